The van der Waals surface area contributed by atoms with Gasteiger partial charge in [0.1, 0.15) is 17.6 Å². The first-order valence-electron chi connectivity index (χ1n) is 12.3. The van der Waals surface area contributed by atoms with Crippen LogP contribution in [0.5, 0.6) is 5.75 Å². The van der Waals surface area contributed by atoms with Crippen LogP contribution < -0.4 is 4.74 Å². The number of ether oxygens (including phenoxy) is 2. The molecule has 2 unspecified atom stereocenters. The maximum Gasteiger partial charge on any atom is 0.337 e. The number of rotatable bonds is 8. The zero-order valence-corrected chi connectivity index (χ0v) is 21.1. The van der Waals surface area contributed by atoms with Crippen LogP contribution in [-0.2, 0) is 20.7 Å². The normalized spacial score (nSPS) is 20.5. The van der Waals surface area contributed by atoms with Crippen LogP contribution in [0.25, 0.3) is 5.76 Å². The number of fused-ring (bicyclic) bond motifs is 1. The summed E-state index contributed by atoms with van der Waals surface area (Å²) < 4.78 is 10.5. The van der Waals surface area contributed by atoms with Gasteiger partial charge in [0.2, 0.25) is 0 Å². The standard InChI is InChI=1S/C28H32N2O6/c1-5-29(6-2)13-14-30-24(18-7-9-19(10-8-18)28(34)35-4)23(26(32)27(30)33)25(31)20-11-12-22-21(16-20)15-17(3)36-22/h7-12,16-17,24,31H,5-6,13-15H2,1-4H3. The molecule has 2 heterocycles. The van der Waals surface area contributed by atoms with E-state index in [1.807, 2.05) is 26.8 Å². The maximum absolute atomic E-state index is 13.3. The molecule has 1 N–H and O–H groups in total. The molecule has 0 aromatic heterocycles. The molecule has 36 heavy (non-hydrogen) atoms. The Morgan fingerprint density at radius 1 is 1.11 bits per heavy atom. The van der Waals surface area contributed by atoms with E-state index in [0.29, 0.717) is 36.2 Å². The molecule has 2 aromatic carbocycles. The number of hydrogen-bond acceptors (Lipinski definition) is 7. The Morgan fingerprint density at radius 3 is 2.42 bits per heavy atom. The van der Waals surface area contributed by atoms with Crippen LogP contribution in [0.15, 0.2) is 48.0 Å². The van der Waals surface area contributed by atoms with Gasteiger partial charge in [0, 0.05) is 25.1 Å². The summed E-state index contributed by atoms with van der Waals surface area (Å²) in [7, 11) is 1.31. The Bertz CT molecular complexity index is 1200. The van der Waals surface area contributed by atoms with Crippen molar-refractivity contribution >= 4 is 23.4 Å². The van der Waals surface area contributed by atoms with Crippen LogP contribution in [0, 0.1) is 0 Å². The largest absolute Gasteiger partial charge is 0.507 e. The Labute approximate surface area is 211 Å². The summed E-state index contributed by atoms with van der Waals surface area (Å²) in [4.78, 5) is 42.1. The minimum absolute atomic E-state index is 0.0383. The second-order valence-corrected chi connectivity index (χ2v) is 9.09. The number of aliphatic hydroxyl groups is 1. The smallest absolute Gasteiger partial charge is 0.337 e. The molecule has 2 aromatic rings. The van der Waals surface area contributed by atoms with Gasteiger partial charge in [0.15, 0.2) is 0 Å². The van der Waals surface area contributed by atoms with Gasteiger partial charge in [0.25, 0.3) is 11.7 Å². The number of aliphatic hydroxyl groups excluding tert-OH is 1. The molecule has 1 amide bonds. The van der Waals surface area contributed by atoms with E-state index >= 15 is 0 Å². The van der Waals surface area contributed by atoms with Gasteiger partial charge in [-0.2, -0.15) is 0 Å². The lowest BCUT2D eigenvalue weighted by molar-refractivity contribution is -0.140. The number of methoxy groups -OCH3 is 1. The molecule has 2 aliphatic heterocycles. The highest BCUT2D eigenvalue weighted by molar-refractivity contribution is 6.46. The zero-order chi connectivity index (χ0) is 26.0. The van der Waals surface area contributed by atoms with Crippen molar-refractivity contribution in [1.29, 1.82) is 0 Å². The lowest BCUT2D eigenvalue weighted by Crippen LogP contribution is -2.38. The Morgan fingerprint density at radius 2 is 1.78 bits per heavy atom. The molecule has 2 atom stereocenters. The highest BCUT2D eigenvalue weighted by atomic mass is 16.5. The fourth-order valence-corrected chi connectivity index (χ4v) is 4.89. The maximum atomic E-state index is 13.3. The third-order valence-electron chi connectivity index (χ3n) is 6.91. The third kappa shape index (κ3) is 4.73. The van der Waals surface area contributed by atoms with Gasteiger partial charge in [-0.1, -0.05) is 26.0 Å². The summed E-state index contributed by atoms with van der Waals surface area (Å²) in [5, 5.41) is 11.4. The van der Waals surface area contributed by atoms with Crippen LogP contribution in [0.2, 0.25) is 0 Å². The molecule has 0 radical (unpaired) electrons. The van der Waals surface area contributed by atoms with Crippen LogP contribution in [-0.4, -0.2) is 72.0 Å². The molecule has 1 saturated heterocycles. The molecule has 8 heteroatoms. The molecule has 4 rings (SSSR count). The molecule has 8 nitrogen and oxygen atoms in total. The number of ketones is 1. The van der Waals surface area contributed by atoms with Crippen molar-refractivity contribution in [2.24, 2.45) is 0 Å². The van der Waals surface area contributed by atoms with E-state index < -0.39 is 23.7 Å². The number of Topliss-reactive ketones (excluding diaryl/α,β-unsaturated/α-hetero) is 1. The minimum Gasteiger partial charge on any atom is -0.507 e. The molecular formula is C28H32N2O6. The number of nitrogens with zero attached hydrogens (tertiary/aromatic N) is 2. The molecular weight excluding hydrogens is 460 g/mol. The Balaban J connectivity index is 1.78. The van der Waals surface area contributed by atoms with E-state index in [2.05, 4.69) is 4.90 Å². The molecule has 2 aliphatic rings. The van der Waals surface area contributed by atoms with Crippen molar-refractivity contribution in [1.82, 2.24) is 9.80 Å². The second kappa shape index (κ2) is 10.5. The first kappa shape index (κ1) is 25.4. The lowest BCUT2D eigenvalue weighted by atomic mass is 9.94. The van der Waals surface area contributed by atoms with Gasteiger partial charge in [-0.15, -0.1) is 0 Å². The summed E-state index contributed by atoms with van der Waals surface area (Å²) >= 11 is 0. The average Bonchev–Trinajstić information content (AvgIpc) is 3.39. The van der Waals surface area contributed by atoms with Gasteiger partial charge in [0.05, 0.1) is 24.3 Å². The number of carbonyl (C=O) groups excluding carboxylic acids is 3. The van der Waals surface area contributed by atoms with Gasteiger partial charge in [-0.25, -0.2) is 4.79 Å². The number of benzene rings is 2. The van der Waals surface area contributed by atoms with E-state index in [9.17, 15) is 19.5 Å². The van der Waals surface area contributed by atoms with Crippen LogP contribution in [0.4, 0.5) is 0 Å². The Hall–Kier alpha value is -3.65. The average molecular weight is 493 g/mol. The second-order valence-electron chi connectivity index (χ2n) is 9.09. The van der Waals surface area contributed by atoms with Gasteiger partial charge < -0.3 is 24.4 Å². The van der Waals surface area contributed by atoms with Crippen LogP contribution in [0.3, 0.4) is 0 Å². The van der Waals surface area contributed by atoms with Crippen LogP contribution >= 0.6 is 0 Å². The first-order valence-corrected chi connectivity index (χ1v) is 12.3. The summed E-state index contributed by atoms with van der Waals surface area (Å²) in [5.41, 5.74) is 2.43. The molecule has 0 aliphatic carbocycles. The highest BCUT2D eigenvalue weighted by Crippen LogP contribution is 2.40. The fraction of sp³-hybridized carbons (Fsp3) is 0.393. The van der Waals surface area contributed by atoms with Crippen LogP contribution in [0.1, 0.15) is 53.9 Å². The third-order valence-corrected chi connectivity index (χ3v) is 6.91. The fourth-order valence-electron chi connectivity index (χ4n) is 4.89. The van der Waals surface area contributed by atoms with E-state index in [0.717, 1.165) is 24.4 Å². The lowest BCUT2D eigenvalue weighted by Gasteiger charge is -2.28. The van der Waals surface area contributed by atoms with E-state index in [1.165, 1.54) is 12.0 Å². The van der Waals surface area contributed by atoms with E-state index in [4.69, 9.17) is 9.47 Å². The summed E-state index contributed by atoms with van der Waals surface area (Å²) in [6, 6.07) is 11.1. The number of carbonyl (C=O) groups is 3. The topological polar surface area (TPSA) is 96.4 Å². The highest BCUT2D eigenvalue weighted by Gasteiger charge is 2.46. The van der Waals surface area contributed by atoms with Crippen molar-refractivity contribution < 1.29 is 29.0 Å². The number of hydrogen-bond donors (Lipinski definition) is 1. The van der Waals surface area contributed by atoms with Gasteiger partial charge in [-0.05, 0) is 61.5 Å². The summed E-state index contributed by atoms with van der Waals surface area (Å²) in [6.07, 6.45) is 0.740. The number of likely N-dealkylation sites (N-methyl/N-ethyl adjacent to an activating group) is 1. The Kier molecular flexibility index (Phi) is 7.45. The minimum atomic E-state index is -0.782. The zero-order valence-electron chi connectivity index (χ0n) is 21.1. The van der Waals surface area contributed by atoms with Crippen molar-refractivity contribution in [2.75, 3.05) is 33.3 Å². The van der Waals surface area contributed by atoms with E-state index in [-0.39, 0.29) is 17.4 Å². The SMILES string of the molecule is CCN(CC)CCN1C(=O)C(=O)C(=C(O)c2ccc3c(c2)CC(C)O3)C1c1ccc(C(=O)OC)cc1. The number of likely N-dealkylation sites (tertiary alicyclic amines) is 1. The van der Waals surface area contributed by atoms with Crippen molar-refractivity contribution in [3.8, 4) is 5.75 Å². The number of amides is 1. The summed E-state index contributed by atoms with van der Waals surface area (Å²) in [5.74, 6) is -1.31. The molecule has 1 fully saturated rings. The first-order chi connectivity index (χ1) is 17.3. The number of esters is 1. The van der Waals surface area contributed by atoms with Gasteiger partial charge in [-0.3, -0.25) is 9.59 Å². The summed E-state index contributed by atoms with van der Waals surface area (Å²) in [6.45, 7) is 8.59. The molecule has 190 valence electrons. The van der Waals surface area contributed by atoms with Crippen molar-refractivity contribution in [3.05, 3.63) is 70.3 Å². The molecule has 0 saturated carbocycles. The van der Waals surface area contributed by atoms with Gasteiger partial charge >= 0.3 is 5.97 Å². The van der Waals surface area contributed by atoms with Crippen molar-refractivity contribution in [2.45, 2.75) is 39.3 Å². The predicted molar refractivity (Wildman–Crippen MR) is 135 cm³/mol. The van der Waals surface area contributed by atoms with E-state index in [1.54, 1.807) is 36.4 Å². The molecule has 0 spiro atoms. The quantitative estimate of drug-likeness (QED) is 0.261. The molecule has 0 bridgehead atoms. The monoisotopic (exact) mass is 492 g/mol. The predicted octanol–water partition coefficient (Wildman–Crippen LogP) is 3.56. The van der Waals surface area contributed by atoms with Crippen molar-refractivity contribution in [3.63, 3.8) is 0 Å².